The summed E-state index contributed by atoms with van der Waals surface area (Å²) in [5.41, 5.74) is -2.07. The van der Waals surface area contributed by atoms with Crippen molar-refractivity contribution in [3.63, 3.8) is 0 Å². The molecule has 0 radical (unpaired) electrons. The number of para-hydroxylation sites is 1. The summed E-state index contributed by atoms with van der Waals surface area (Å²) in [4.78, 5) is 65.5. The number of nitrogens with one attached hydrogen (secondary N) is 1. The molecule has 0 bridgehead atoms. The number of anilines is 2. The van der Waals surface area contributed by atoms with Gasteiger partial charge in [-0.15, -0.1) is 0 Å². The smallest absolute Gasteiger partial charge is 0.418 e. The van der Waals surface area contributed by atoms with Gasteiger partial charge in [0.05, 0.1) is 34.4 Å². The predicted octanol–water partition coefficient (Wildman–Crippen LogP) is 4.69. The second-order valence-electron chi connectivity index (χ2n) is 10.2. The Hall–Kier alpha value is -3.91. The first-order chi connectivity index (χ1) is 19.8. The highest BCUT2D eigenvalue weighted by atomic mass is 32.2. The molecule has 3 aromatic rings. The normalized spacial score (nSPS) is 19.3. The van der Waals surface area contributed by atoms with Gasteiger partial charge in [0.2, 0.25) is 17.7 Å². The summed E-state index contributed by atoms with van der Waals surface area (Å²) in [5, 5.41) is 1.87. The van der Waals surface area contributed by atoms with Gasteiger partial charge in [-0.2, -0.15) is 13.2 Å². The van der Waals surface area contributed by atoms with Crippen molar-refractivity contribution in [1.29, 1.82) is 0 Å². The van der Waals surface area contributed by atoms with Gasteiger partial charge in [0.1, 0.15) is 11.8 Å². The molecule has 9 nitrogen and oxygen atoms in total. The minimum Gasteiger partial charge on any atom is -0.462 e. The van der Waals surface area contributed by atoms with Crippen molar-refractivity contribution >= 4 is 58.2 Å². The van der Waals surface area contributed by atoms with Crippen molar-refractivity contribution in [2.45, 2.75) is 49.2 Å². The second-order valence-corrected chi connectivity index (χ2v) is 12.3. The molecule has 2 aliphatic rings. The molecule has 1 fully saturated rings. The molecule has 1 N–H and O–H groups in total. The van der Waals surface area contributed by atoms with Gasteiger partial charge >= 0.3 is 17.0 Å². The first kappa shape index (κ1) is 29.6. The number of alkyl halides is 3. The number of thiazole rings is 1. The highest BCUT2D eigenvalue weighted by Gasteiger charge is 2.60. The van der Waals surface area contributed by atoms with E-state index in [1.165, 1.54) is 41.0 Å². The van der Waals surface area contributed by atoms with Crippen LogP contribution in [0.1, 0.15) is 41.6 Å². The molecule has 14 heteroatoms. The fourth-order valence-corrected chi connectivity index (χ4v) is 8.20. The van der Waals surface area contributed by atoms with Crippen LogP contribution in [0.4, 0.5) is 24.5 Å². The van der Waals surface area contributed by atoms with E-state index in [1.807, 2.05) is 0 Å². The Morgan fingerprint density at radius 2 is 1.69 bits per heavy atom. The number of aromatic nitrogens is 1. The lowest BCUT2D eigenvalue weighted by Gasteiger charge is -2.36. The van der Waals surface area contributed by atoms with E-state index in [2.05, 4.69) is 5.32 Å². The number of carbonyl (C=O) groups excluding carboxylic acids is 4. The van der Waals surface area contributed by atoms with Crippen LogP contribution in [-0.4, -0.2) is 40.1 Å². The monoisotopic (exact) mass is 619 g/mol. The largest absolute Gasteiger partial charge is 0.462 e. The predicted molar refractivity (Wildman–Crippen MR) is 150 cm³/mol. The average Bonchev–Trinajstić information content (AvgIpc) is 3.37. The molecule has 1 saturated heterocycles. The van der Waals surface area contributed by atoms with Crippen molar-refractivity contribution in [1.82, 2.24) is 4.57 Å². The molecule has 5 rings (SSSR count). The molecule has 2 aliphatic heterocycles. The molecule has 0 aliphatic carbocycles. The van der Waals surface area contributed by atoms with E-state index in [0.717, 1.165) is 35.2 Å². The third-order valence-corrected chi connectivity index (χ3v) is 9.96. The minimum atomic E-state index is -4.79. The van der Waals surface area contributed by atoms with Gasteiger partial charge in [-0.05, 0) is 43.3 Å². The lowest BCUT2D eigenvalue weighted by molar-refractivity contribution is -0.137. The summed E-state index contributed by atoms with van der Waals surface area (Å²) >= 11 is 1.74. The molecule has 220 valence electrons. The first-order valence-corrected chi connectivity index (χ1v) is 14.5. The van der Waals surface area contributed by atoms with E-state index in [-0.39, 0.29) is 6.61 Å². The Balaban J connectivity index is 1.42. The van der Waals surface area contributed by atoms with E-state index in [9.17, 15) is 37.1 Å². The molecule has 0 saturated carbocycles. The lowest BCUT2D eigenvalue weighted by Crippen LogP contribution is -2.42. The van der Waals surface area contributed by atoms with E-state index in [4.69, 9.17) is 4.74 Å². The zero-order valence-electron chi connectivity index (χ0n) is 22.5. The van der Waals surface area contributed by atoms with Gasteiger partial charge in [0.15, 0.2) is 0 Å². The summed E-state index contributed by atoms with van der Waals surface area (Å²) in [6.45, 7) is 4.82. The fraction of sp³-hybridized carbons (Fsp3) is 0.321. The Bertz CT molecular complexity index is 1660. The maximum absolute atomic E-state index is 13.8. The summed E-state index contributed by atoms with van der Waals surface area (Å²) in [6.07, 6.45) is -4.79. The zero-order valence-corrected chi connectivity index (χ0v) is 24.1. The first-order valence-electron chi connectivity index (χ1n) is 12.8. The number of hydrogen-bond acceptors (Lipinski definition) is 8. The number of carbonyl (C=O) groups is 4. The summed E-state index contributed by atoms with van der Waals surface area (Å²) in [7, 11) is 0. The lowest BCUT2D eigenvalue weighted by atomic mass is 9.76. The van der Waals surface area contributed by atoms with E-state index >= 15 is 0 Å². The van der Waals surface area contributed by atoms with Gasteiger partial charge in [-0.1, -0.05) is 49.1 Å². The van der Waals surface area contributed by atoms with Crippen LogP contribution >= 0.6 is 23.1 Å². The average molecular weight is 620 g/mol. The highest BCUT2D eigenvalue weighted by molar-refractivity contribution is 8.00. The third-order valence-electron chi connectivity index (χ3n) is 7.14. The molecular weight excluding hydrogens is 595 g/mol. The maximum Gasteiger partial charge on any atom is 0.418 e. The Morgan fingerprint density at radius 3 is 2.33 bits per heavy atom. The number of hydrogen-bond donors (Lipinski definition) is 1. The summed E-state index contributed by atoms with van der Waals surface area (Å²) in [6, 6.07) is 10.4. The number of amides is 3. The van der Waals surface area contributed by atoms with Gasteiger partial charge in [-0.25, -0.2) is 9.69 Å². The van der Waals surface area contributed by atoms with Crippen LogP contribution in [0.15, 0.2) is 58.4 Å². The number of nitrogens with zero attached hydrogens (tertiary/aromatic N) is 2. The van der Waals surface area contributed by atoms with E-state index in [1.54, 1.807) is 20.8 Å². The molecule has 2 aromatic carbocycles. The molecule has 3 amide bonds. The van der Waals surface area contributed by atoms with Crippen molar-refractivity contribution < 1.29 is 37.1 Å². The number of ether oxygens (including phenoxy) is 1. The number of esters is 1. The van der Waals surface area contributed by atoms with Crippen LogP contribution in [0, 0.1) is 5.92 Å². The summed E-state index contributed by atoms with van der Waals surface area (Å²) < 4.78 is 47.4. The SMILES string of the molecule is CCOC(=O)c1ccc(NC(=O)Cn2c3c(sc2=O)C(C)(C)[C@H]2C(=O)N(c4ccccc4C(F)(F)F)C(=O)[C@H]2S3)cc1. The fourth-order valence-electron chi connectivity index (χ4n) is 5.16. The number of imide groups is 1. The third kappa shape index (κ3) is 5.02. The van der Waals surface area contributed by atoms with E-state index in [0.29, 0.717) is 26.1 Å². The van der Waals surface area contributed by atoms with Crippen LogP contribution in [0.5, 0.6) is 0 Å². The molecule has 42 heavy (non-hydrogen) atoms. The van der Waals surface area contributed by atoms with Crippen molar-refractivity contribution in [3.8, 4) is 0 Å². The Morgan fingerprint density at radius 1 is 1.02 bits per heavy atom. The molecule has 0 unspecified atom stereocenters. The van der Waals surface area contributed by atoms with Crippen LogP contribution in [-0.2, 0) is 37.3 Å². The van der Waals surface area contributed by atoms with Crippen LogP contribution < -0.4 is 15.1 Å². The Kier molecular flexibility index (Phi) is 7.56. The van der Waals surface area contributed by atoms with Gasteiger partial charge in [-0.3, -0.25) is 23.7 Å². The molecule has 1 aromatic heterocycles. The van der Waals surface area contributed by atoms with Crippen molar-refractivity contribution in [2.75, 3.05) is 16.8 Å². The number of benzene rings is 2. The van der Waals surface area contributed by atoms with Crippen LogP contribution in [0.2, 0.25) is 0 Å². The number of rotatable bonds is 6. The maximum atomic E-state index is 13.8. The van der Waals surface area contributed by atoms with E-state index < -0.39 is 69.1 Å². The van der Waals surface area contributed by atoms with Gasteiger partial charge in [0, 0.05) is 16.0 Å². The molecule has 3 heterocycles. The van der Waals surface area contributed by atoms with Gasteiger partial charge < -0.3 is 10.1 Å². The highest BCUT2D eigenvalue weighted by Crippen LogP contribution is 2.55. The van der Waals surface area contributed by atoms with Crippen LogP contribution in [0.3, 0.4) is 0 Å². The van der Waals surface area contributed by atoms with Gasteiger partial charge in [0.25, 0.3) is 0 Å². The second kappa shape index (κ2) is 10.7. The number of thioether (sulfide) groups is 1. The number of halogens is 3. The zero-order chi connectivity index (χ0) is 30.6. The standard InChI is InChI=1S/C28H24F3N3O6S2/c1-4-40-25(38)14-9-11-15(12-10-14)32-18(35)13-33-24-21(42-26(33)39)27(2,3)19-20(41-24)23(37)34(22(19)36)17-8-6-5-7-16(17)28(29,30)31/h5-12,19-20H,4,13H2,1-3H3,(H,32,35)/t19-,20+/m1/s1. The number of fused-ring (bicyclic) bond motifs is 2. The van der Waals surface area contributed by atoms with Crippen molar-refractivity contribution in [3.05, 3.63) is 74.2 Å². The van der Waals surface area contributed by atoms with Crippen molar-refractivity contribution in [2.24, 2.45) is 5.92 Å². The minimum absolute atomic E-state index is 0.214. The molecular formula is C28H24F3N3O6S2. The Labute approximate surface area is 245 Å². The molecule has 2 atom stereocenters. The topological polar surface area (TPSA) is 115 Å². The molecule has 0 spiro atoms. The summed E-state index contributed by atoms with van der Waals surface area (Å²) in [5.74, 6) is -3.69. The van der Waals surface area contributed by atoms with Crippen LogP contribution in [0.25, 0.3) is 0 Å². The quantitative estimate of drug-likeness (QED) is 0.315.